The molecule has 0 atom stereocenters. The number of anilines is 1. The third-order valence-corrected chi connectivity index (χ3v) is 3.72. The number of nitrogens with one attached hydrogen (secondary N) is 1. The number of piperidine rings is 1. The molecule has 0 spiro atoms. The Morgan fingerprint density at radius 3 is 2.18 bits per heavy atom. The monoisotopic (exact) mass is 306 g/mol. The van der Waals surface area contributed by atoms with Crippen molar-refractivity contribution in [2.24, 2.45) is 5.92 Å². The third kappa shape index (κ3) is 4.29. The first kappa shape index (κ1) is 16.0. The summed E-state index contributed by atoms with van der Waals surface area (Å²) in [6, 6.07) is 5.93. The normalized spacial score (nSPS) is 16.2. The number of carbonyl (C=O) groups is 3. The van der Waals surface area contributed by atoms with Crippen molar-refractivity contribution in [3.63, 3.8) is 0 Å². The van der Waals surface area contributed by atoms with E-state index in [1.807, 2.05) is 4.90 Å². The Kier molecular flexibility index (Phi) is 5.11. The molecule has 1 amide bonds. The maximum Gasteiger partial charge on any atom is 0.335 e. The molecule has 0 aromatic heterocycles. The van der Waals surface area contributed by atoms with Crippen LogP contribution in [0.5, 0.6) is 0 Å². The quantitative estimate of drug-likeness (QED) is 0.752. The number of benzene rings is 1. The van der Waals surface area contributed by atoms with Crippen LogP contribution >= 0.6 is 0 Å². The Morgan fingerprint density at radius 2 is 1.68 bits per heavy atom. The van der Waals surface area contributed by atoms with E-state index in [9.17, 15) is 14.4 Å². The Morgan fingerprint density at radius 1 is 1.09 bits per heavy atom. The van der Waals surface area contributed by atoms with Crippen LogP contribution in [-0.4, -0.2) is 52.6 Å². The molecule has 118 valence electrons. The molecule has 3 N–H and O–H groups in total. The van der Waals surface area contributed by atoms with E-state index in [4.69, 9.17) is 10.2 Å². The smallest absolute Gasteiger partial charge is 0.335 e. The van der Waals surface area contributed by atoms with E-state index in [1.165, 1.54) is 24.3 Å². The molecule has 1 aliphatic heterocycles. The summed E-state index contributed by atoms with van der Waals surface area (Å²) < 4.78 is 0. The van der Waals surface area contributed by atoms with Gasteiger partial charge in [0.25, 0.3) is 0 Å². The molecule has 1 fully saturated rings. The number of hydrogen-bond donors (Lipinski definition) is 3. The highest BCUT2D eigenvalue weighted by atomic mass is 16.4. The van der Waals surface area contributed by atoms with Crippen LogP contribution in [0.4, 0.5) is 5.69 Å². The van der Waals surface area contributed by atoms with Gasteiger partial charge < -0.3 is 15.5 Å². The maximum atomic E-state index is 11.9. The van der Waals surface area contributed by atoms with Crippen LogP contribution in [-0.2, 0) is 9.59 Å². The van der Waals surface area contributed by atoms with Gasteiger partial charge in [-0.25, -0.2) is 4.79 Å². The van der Waals surface area contributed by atoms with Crippen molar-refractivity contribution >= 4 is 23.5 Å². The highest BCUT2D eigenvalue weighted by Gasteiger charge is 2.25. The van der Waals surface area contributed by atoms with Crippen LogP contribution in [0.15, 0.2) is 24.3 Å². The number of carboxylic acid groups (broad SMARTS) is 2. The molecular formula is C15H18N2O5. The van der Waals surface area contributed by atoms with Crippen LogP contribution in [0.1, 0.15) is 23.2 Å². The predicted octanol–water partition coefficient (Wildman–Crippen LogP) is 1.12. The van der Waals surface area contributed by atoms with Gasteiger partial charge >= 0.3 is 11.9 Å². The molecule has 7 heteroatoms. The number of hydrogen-bond acceptors (Lipinski definition) is 4. The van der Waals surface area contributed by atoms with Crippen molar-refractivity contribution in [2.75, 3.05) is 25.0 Å². The molecule has 1 heterocycles. The van der Waals surface area contributed by atoms with Gasteiger partial charge in [0.05, 0.1) is 18.0 Å². The summed E-state index contributed by atoms with van der Waals surface area (Å²) in [5.41, 5.74) is 0.698. The maximum absolute atomic E-state index is 11.9. The summed E-state index contributed by atoms with van der Waals surface area (Å²) in [5, 5.41) is 20.4. The minimum atomic E-state index is -1.01. The zero-order chi connectivity index (χ0) is 16.1. The molecule has 0 aliphatic carbocycles. The average Bonchev–Trinajstić information content (AvgIpc) is 2.48. The van der Waals surface area contributed by atoms with E-state index < -0.39 is 11.9 Å². The van der Waals surface area contributed by atoms with Gasteiger partial charge in [-0.1, -0.05) is 0 Å². The van der Waals surface area contributed by atoms with Gasteiger partial charge in [0.15, 0.2) is 0 Å². The number of nitrogens with zero attached hydrogens (tertiary/aromatic N) is 1. The average molecular weight is 306 g/mol. The zero-order valence-corrected chi connectivity index (χ0v) is 12.0. The first-order valence-corrected chi connectivity index (χ1v) is 7.04. The van der Waals surface area contributed by atoms with Crippen molar-refractivity contribution in [1.82, 2.24) is 4.90 Å². The standard InChI is InChI=1S/C15H18N2O5/c18-13(9-17-7-5-11(6-8-17)15(21)22)16-12-3-1-10(2-4-12)14(19)20/h1-4,11H,5-9H2,(H,16,18)(H,19,20)(H,21,22). The summed E-state index contributed by atoms with van der Waals surface area (Å²) in [6.07, 6.45) is 1.10. The summed E-state index contributed by atoms with van der Waals surface area (Å²) in [5.74, 6) is -2.30. The number of rotatable bonds is 5. The van der Waals surface area contributed by atoms with Gasteiger partial charge in [-0.2, -0.15) is 0 Å². The number of aromatic carboxylic acids is 1. The predicted molar refractivity (Wildman–Crippen MR) is 78.8 cm³/mol. The topological polar surface area (TPSA) is 107 Å². The highest BCUT2D eigenvalue weighted by Crippen LogP contribution is 2.17. The summed E-state index contributed by atoms with van der Waals surface area (Å²) in [7, 11) is 0. The Balaban J connectivity index is 1.81. The fourth-order valence-electron chi connectivity index (χ4n) is 2.44. The van der Waals surface area contributed by atoms with Gasteiger partial charge in [-0.3, -0.25) is 14.5 Å². The van der Waals surface area contributed by atoms with E-state index in [2.05, 4.69) is 5.32 Å². The molecule has 2 rings (SSSR count). The molecule has 7 nitrogen and oxygen atoms in total. The number of likely N-dealkylation sites (tertiary alicyclic amines) is 1. The number of carboxylic acids is 2. The molecule has 0 saturated carbocycles. The molecule has 1 aromatic carbocycles. The van der Waals surface area contributed by atoms with Crippen LogP contribution in [0.25, 0.3) is 0 Å². The third-order valence-electron chi connectivity index (χ3n) is 3.72. The van der Waals surface area contributed by atoms with Crippen LogP contribution in [0.2, 0.25) is 0 Å². The second-order valence-electron chi connectivity index (χ2n) is 5.32. The Labute approximate surface area is 127 Å². The lowest BCUT2D eigenvalue weighted by molar-refractivity contribution is -0.143. The van der Waals surface area contributed by atoms with E-state index >= 15 is 0 Å². The number of aliphatic carboxylic acids is 1. The van der Waals surface area contributed by atoms with Crippen LogP contribution in [0, 0.1) is 5.92 Å². The molecule has 1 saturated heterocycles. The fourth-order valence-corrected chi connectivity index (χ4v) is 2.44. The largest absolute Gasteiger partial charge is 0.481 e. The van der Waals surface area contributed by atoms with E-state index in [1.54, 1.807) is 0 Å². The summed E-state index contributed by atoms with van der Waals surface area (Å²) >= 11 is 0. The van der Waals surface area contributed by atoms with Gasteiger partial charge in [0.2, 0.25) is 5.91 Å². The molecule has 0 bridgehead atoms. The number of amides is 1. The minimum absolute atomic E-state index is 0.161. The zero-order valence-electron chi connectivity index (χ0n) is 12.0. The fraction of sp³-hybridized carbons (Fsp3) is 0.400. The molecule has 22 heavy (non-hydrogen) atoms. The molecule has 1 aliphatic rings. The Bertz CT molecular complexity index is 562. The Hall–Kier alpha value is -2.41. The lowest BCUT2D eigenvalue weighted by atomic mass is 9.97. The van der Waals surface area contributed by atoms with Crippen molar-refractivity contribution in [3.8, 4) is 0 Å². The van der Waals surface area contributed by atoms with Crippen LogP contribution < -0.4 is 5.32 Å². The highest BCUT2D eigenvalue weighted by molar-refractivity contribution is 5.93. The number of carbonyl (C=O) groups excluding carboxylic acids is 1. The molecular weight excluding hydrogens is 288 g/mol. The summed E-state index contributed by atoms with van der Waals surface area (Å²) in [6.45, 7) is 1.37. The second-order valence-corrected chi connectivity index (χ2v) is 5.32. The second kappa shape index (κ2) is 7.04. The van der Waals surface area contributed by atoms with Gasteiger partial charge in [0.1, 0.15) is 0 Å². The first-order chi connectivity index (χ1) is 10.5. The molecule has 1 aromatic rings. The molecule has 0 unspecified atom stereocenters. The first-order valence-electron chi connectivity index (χ1n) is 7.04. The van der Waals surface area contributed by atoms with Crippen molar-refractivity contribution in [3.05, 3.63) is 29.8 Å². The van der Waals surface area contributed by atoms with E-state index in [-0.39, 0.29) is 23.9 Å². The van der Waals surface area contributed by atoms with E-state index in [0.29, 0.717) is 31.6 Å². The lowest BCUT2D eigenvalue weighted by Gasteiger charge is -2.29. The SMILES string of the molecule is O=C(CN1CCC(C(=O)O)CC1)Nc1ccc(C(=O)O)cc1. The van der Waals surface area contributed by atoms with Gasteiger partial charge in [-0.05, 0) is 50.2 Å². The minimum Gasteiger partial charge on any atom is -0.481 e. The van der Waals surface area contributed by atoms with Crippen LogP contribution in [0.3, 0.4) is 0 Å². The van der Waals surface area contributed by atoms with Gasteiger partial charge in [-0.15, -0.1) is 0 Å². The van der Waals surface area contributed by atoms with Crippen molar-refractivity contribution in [2.45, 2.75) is 12.8 Å². The summed E-state index contributed by atoms with van der Waals surface area (Å²) in [4.78, 5) is 35.4. The van der Waals surface area contributed by atoms with E-state index in [0.717, 1.165) is 0 Å². The lowest BCUT2D eigenvalue weighted by Crippen LogP contribution is -2.40. The molecule has 0 radical (unpaired) electrons. The van der Waals surface area contributed by atoms with Gasteiger partial charge in [0, 0.05) is 5.69 Å². The van der Waals surface area contributed by atoms with Crippen molar-refractivity contribution in [1.29, 1.82) is 0 Å². The van der Waals surface area contributed by atoms with Crippen molar-refractivity contribution < 1.29 is 24.6 Å².